The van der Waals surface area contributed by atoms with Gasteiger partial charge in [0.15, 0.2) is 0 Å². The van der Waals surface area contributed by atoms with E-state index in [1.807, 2.05) is 48.7 Å². The van der Waals surface area contributed by atoms with Crippen molar-refractivity contribution in [2.24, 2.45) is 0 Å². The normalized spacial score (nSPS) is 11.8. The number of amides is 1. The Balaban J connectivity index is 1.83. The Bertz CT molecular complexity index is 937. The molecule has 0 aliphatic heterocycles. The summed E-state index contributed by atoms with van der Waals surface area (Å²) in [5.74, 6) is -0.631. The van der Waals surface area contributed by atoms with Crippen molar-refractivity contribution in [3.05, 3.63) is 62.4 Å². The van der Waals surface area contributed by atoms with Gasteiger partial charge in [-0.15, -0.1) is 22.7 Å². The molecule has 1 amide bonds. The second-order valence-electron chi connectivity index (χ2n) is 5.77. The third kappa shape index (κ3) is 4.82. The monoisotopic (exact) mass is 464 g/mol. The van der Waals surface area contributed by atoms with Crippen molar-refractivity contribution in [1.29, 1.82) is 0 Å². The van der Waals surface area contributed by atoms with Crippen LogP contribution in [-0.4, -0.2) is 24.0 Å². The molecule has 0 spiro atoms. The van der Waals surface area contributed by atoms with Gasteiger partial charge in [0.25, 0.3) is 5.91 Å². The number of benzene rings is 1. The summed E-state index contributed by atoms with van der Waals surface area (Å²) in [5, 5.41) is 5.75. The summed E-state index contributed by atoms with van der Waals surface area (Å²) >= 11 is 6.33. The third-order valence-corrected chi connectivity index (χ3v) is 6.63. The number of aromatic nitrogens is 1. The van der Waals surface area contributed by atoms with Gasteiger partial charge in [0.1, 0.15) is 9.88 Å². The van der Waals surface area contributed by atoms with Gasteiger partial charge in [-0.1, -0.05) is 34.1 Å². The first-order valence-corrected chi connectivity index (χ1v) is 10.6. The Morgan fingerprint density at radius 3 is 2.63 bits per heavy atom. The van der Waals surface area contributed by atoms with Crippen LogP contribution in [0.15, 0.2) is 46.3 Å². The summed E-state index contributed by atoms with van der Waals surface area (Å²) in [4.78, 5) is 30.8. The van der Waals surface area contributed by atoms with E-state index in [-0.39, 0.29) is 18.3 Å². The number of halogens is 1. The molecule has 3 aromatic rings. The van der Waals surface area contributed by atoms with Crippen molar-refractivity contribution in [2.75, 3.05) is 7.11 Å². The zero-order valence-electron chi connectivity index (χ0n) is 14.7. The molecule has 1 atom stereocenters. The molecule has 1 unspecified atom stereocenters. The molecule has 1 aromatic carbocycles. The molecule has 2 aromatic heterocycles. The Labute approximate surface area is 173 Å². The highest BCUT2D eigenvalue weighted by Gasteiger charge is 2.23. The van der Waals surface area contributed by atoms with Gasteiger partial charge in [0.05, 0.1) is 30.1 Å². The van der Waals surface area contributed by atoms with Crippen molar-refractivity contribution >= 4 is 50.5 Å². The maximum Gasteiger partial charge on any atom is 0.307 e. The Kier molecular flexibility index (Phi) is 6.41. The first-order valence-electron chi connectivity index (χ1n) is 8.12. The average Bonchev–Trinajstić information content (AvgIpc) is 3.31. The Morgan fingerprint density at radius 2 is 2.00 bits per heavy atom. The molecule has 1 N–H and O–H groups in total. The predicted molar refractivity (Wildman–Crippen MR) is 111 cm³/mol. The zero-order valence-corrected chi connectivity index (χ0v) is 17.9. The van der Waals surface area contributed by atoms with Crippen molar-refractivity contribution in [2.45, 2.75) is 19.4 Å². The van der Waals surface area contributed by atoms with Crippen LogP contribution in [0.1, 0.15) is 33.4 Å². The first kappa shape index (κ1) is 19.7. The molecule has 5 nitrogen and oxygen atoms in total. The van der Waals surface area contributed by atoms with Crippen LogP contribution < -0.4 is 5.32 Å². The maximum absolute atomic E-state index is 12.9. The predicted octanol–water partition coefficient (Wildman–Crippen LogP) is 4.98. The molecule has 0 saturated carbocycles. The molecule has 8 heteroatoms. The number of hydrogen-bond acceptors (Lipinski definition) is 6. The molecular weight excluding hydrogens is 448 g/mol. The number of ether oxygens (including phenoxy) is 1. The van der Waals surface area contributed by atoms with E-state index in [2.05, 4.69) is 26.2 Å². The summed E-state index contributed by atoms with van der Waals surface area (Å²) < 4.78 is 5.71. The van der Waals surface area contributed by atoms with E-state index in [9.17, 15) is 9.59 Å². The lowest BCUT2D eigenvalue weighted by Crippen LogP contribution is -2.30. The van der Waals surface area contributed by atoms with E-state index in [4.69, 9.17) is 4.74 Å². The van der Waals surface area contributed by atoms with E-state index >= 15 is 0 Å². The smallest absolute Gasteiger partial charge is 0.307 e. The van der Waals surface area contributed by atoms with Crippen LogP contribution in [0.2, 0.25) is 0 Å². The van der Waals surface area contributed by atoms with Gasteiger partial charge in [0, 0.05) is 4.47 Å². The van der Waals surface area contributed by atoms with Crippen molar-refractivity contribution in [3.8, 4) is 9.88 Å². The van der Waals surface area contributed by atoms with E-state index in [1.165, 1.54) is 18.4 Å². The van der Waals surface area contributed by atoms with Crippen molar-refractivity contribution in [3.63, 3.8) is 0 Å². The summed E-state index contributed by atoms with van der Waals surface area (Å²) in [6.45, 7) is 1.82. The van der Waals surface area contributed by atoms with Gasteiger partial charge in [0.2, 0.25) is 0 Å². The van der Waals surface area contributed by atoms with Gasteiger partial charge in [-0.05, 0) is 36.1 Å². The summed E-state index contributed by atoms with van der Waals surface area (Å²) in [5.41, 5.74) is 1.51. The number of carbonyl (C=O) groups excluding carboxylic acids is 2. The second kappa shape index (κ2) is 8.77. The first-order chi connectivity index (χ1) is 13.0. The summed E-state index contributed by atoms with van der Waals surface area (Å²) in [7, 11) is 1.34. The summed E-state index contributed by atoms with van der Waals surface area (Å²) in [6, 6.07) is 10.9. The molecule has 27 heavy (non-hydrogen) atoms. The minimum atomic E-state index is -0.482. The van der Waals surface area contributed by atoms with Crippen LogP contribution >= 0.6 is 38.6 Å². The van der Waals surface area contributed by atoms with Crippen molar-refractivity contribution < 1.29 is 14.3 Å². The number of thiazole rings is 1. The number of nitrogens with zero attached hydrogens (tertiary/aromatic N) is 1. The molecule has 3 rings (SSSR count). The number of rotatable bonds is 6. The van der Waals surface area contributed by atoms with E-state index < -0.39 is 6.04 Å². The number of aryl methyl sites for hydroxylation is 1. The molecular formula is C19H17BrN2O3S2. The highest BCUT2D eigenvalue weighted by atomic mass is 79.9. The van der Waals surface area contributed by atoms with Crippen molar-refractivity contribution in [1.82, 2.24) is 10.3 Å². The fourth-order valence-electron chi connectivity index (χ4n) is 2.53. The number of esters is 1. The van der Waals surface area contributed by atoms with E-state index in [1.54, 1.807) is 11.3 Å². The maximum atomic E-state index is 12.9. The zero-order chi connectivity index (χ0) is 19.4. The van der Waals surface area contributed by atoms with Crippen LogP contribution in [0.25, 0.3) is 9.88 Å². The van der Waals surface area contributed by atoms with Crippen LogP contribution in [-0.2, 0) is 9.53 Å². The lowest BCUT2D eigenvalue weighted by Gasteiger charge is -2.18. The SMILES string of the molecule is COC(=O)CC(NC(=O)c1sc(-c2cccs2)nc1C)c1ccc(Br)cc1. The molecule has 0 fully saturated rings. The highest BCUT2D eigenvalue weighted by Crippen LogP contribution is 2.31. The largest absolute Gasteiger partial charge is 0.469 e. The number of hydrogen-bond donors (Lipinski definition) is 1. The summed E-state index contributed by atoms with van der Waals surface area (Å²) in [6.07, 6.45) is 0.0551. The van der Waals surface area contributed by atoms with Gasteiger partial charge in [-0.25, -0.2) is 4.98 Å². The minimum absolute atomic E-state index is 0.0551. The topological polar surface area (TPSA) is 68.3 Å². The van der Waals surface area contributed by atoms with Gasteiger partial charge < -0.3 is 10.1 Å². The Hall–Kier alpha value is -2.03. The molecule has 0 radical (unpaired) electrons. The van der Waals surface area contributed by atoms with E-state index in [0.717, 1.165) is 19.9 Å². The number of thiophene rings is 1. The molecule has 0 aliphatic carbocycles. The standard InChI is InChI=1S/C19H17BrN2O3S2/c1-11-17(27-19(21-11)15-4-3-9-26-15)18(24)22-14(10-16(23)25-2)12-5-7-13(20)8-6-12/h3-9,14H,10H2,1-2H3,(H,22,24). The lowest BCUT2D eigenvalue weighted by atomic mass is 10.0. The average molecular weight is 465 g/mol. The third-order valence-electron chi connectivity index (χ3n) is 3.91. The fraction of sp³-hybridized carbons (Fsp3) is 0.211. The molecule has 2 heterocycles. The molecule has 0 saturated heterocycles. The van der Waals surface area contributed by atoms with E-state index in [0.29, 0.717) is 10.6 Å². The van der Waals surface area contributed by atoms with Gasteiger partial charge in [-0.3, -0.25) is 9.59 Å². The Morgan fingerprint density at radius 1 is 1.26 bits per heavy atom. The highest BCUT2D eigenvalue weighted by molar-refractivity contribution is 9.10. The quantitative estimate of drug-likeness (QED) is 0.522. The molecule has 0 bridgehead atoms. The number of methoxy groups -OCH3 is 1. The fourth-order valence-corrected chi connectivity index (χ4v) is 4.56. The molecule has 0 aliphatic rings. The second-order valence-corrected chi connectivity index (χ2v) is 8.63. The van der Waals surface area contributed by atoms with Crippen LogP contribution in [0.3, 0.4) is 0 Å². The minimum Gasteiger partial charge on any atom is -0.469 e. The number of nitrogens with one attached hydrogen (secondary N) is 1. The lowest BCUT2D eigenvalue weighted by molar-refractivity contribution is -0.141. The van der Waals surface area contributed by atoms with Crippen LogP contribution in [0, 0.1) is 6.92 Å². The number of carbonyl (C=O) groups is 2. The van der Waals surface area contributed by atoms with Gasteiger partial charge in [-0.2, -0.15) is 0 Å². The van der Waals surface area contributed by atoms with Crippen LogP contribution in [0.5, 0.6) is 0 Å². The van der Waals surface area contributed by atoms with Crippen LogP contribution in [0.4, 0.5) is 0 Å². The van der Waals surface area contributed by atoms with Gasteiger partial charge >= 0.3 is 5.97 Å². The molecule has 140 valence electrons.